The van der Waals surface area contributed by atoms with Crippen LogP contribution < -0.4 is 0 Å². The minimum Gasteiger partial charge on any atom is -0.481 e. The predicted octanol–water partition coefficient (Wildman–Crippen LogP) is 3.23. The van der Waals surface area contributed by atoms with Crippen molar-refractivity contribution in [2.24, 2.45) is 0 Å². The van der Waals surface area contributed by atoms with Crippen LogP contribution >= 0.6 is 15.9 Å². The third-order valence-electron chi connectivity index (χ3n) is 1.53. The molecule has 78 valence electrons. The second kappa shape index (κ2) is 7.56. The zero-order valence-corrected chi connectivity index (χ0v) is 10.0. The topological polar surface area (TPSA) is 37.3 Å². The number of alkyl halides is 1. The third kappa shape index (κ3) is 5.02. The van der Waals surface area contributed by atoms with Gasteiger partial charge in [-0.15, -0.1) is 0 Å². The van der Waals surface area contributed by atoms with Crippen LogP contribution in [0.3, 0.4) is 0 Å². The van der Waals surface area contributed by atoms with Gasteiger partial charge in [0, 0.05) is 5.33 Å². The second-order valence-electron chi connectivity index (χ2n) is 2.52. The molecule has 1 aromatic rings. The third-order valence-corrected chi connectivity index (χ3v) is 2.18. The molecule has 2 nitrogen and oxygen atoms in total. The van der Waals surface area contributed by atoms with Gasteiger partial charge in [0.1, 0.15) is 0 Å². The molecule has 0 heterocycles. The van der Waals surface area contributed by atoms with Crippen LogP contribution in [0.4, 0.5) is 0 Å². The number of carboxylic acid groups (broad SMARTS) is 1. The highest BCUT2D eigenvalue weighted by Crippen LogP contribution is 2.08. The number of carbonyl (C=O) groups is 1. The first-order chi connectivity index (χ1) is 6.72. The molecule has 3 heteroatoms. The van der Waals surface area contributed by atoms with E-state index in [-0.39, 0.29) is 6.42 Å². The van der Waals surface area contributed by atoms with E-state index in [9.17, 15) is 4.79 Å². The summed E-state index contributed by atoms with van der Waals surface area (Å²) in [6.07, 6.45) is 0.0998. The van der Waals surface area contributed by atoms with Gasteiger partial charge in [-0.2, -0.15) is 0 Å². The van der Waals surface area contributed by atoms with Crippen LogP contribution in [0.5, 0.6) is 0 Å². The predicted molar refractivity (Wildman–Crippen MR) is 61.8 cm³/mol. The fraction of sp³-hybridized carbons (Fsp3) is 0.364. The van der Waals surface area contributed by atoms with Crippen molar-refractivity contribution in [3.8, 4) is 0 Å². The Bertz CT molecular complexity index is 267. The lowest BCUT2D eigenvalue weighted by atomic mass is 10.1. The Morgan fingerprint density at radius 1 is 1.21 bits per heavy atom. The average Bonchev–Trinajstić information content (AvgIpc) is 2.21. The number of rotatable bonds is 3. The largest absolute Gasteiger partial charge is 0.481 e. The van der Waals surface area contributed by atoms with Crippen molar-refractivity contribution in [3.63, 3.8) is 0 Å². The summed E-state index contributed by atoms with van der Waals surface area (Å²) < 4.78 is 0. The summed E-state index contributed by atoms with van der Waals surface area (Å²) in [5, 5.41) is 9.29. The van der Waals surface area contributed by atoms with Crippen LogP contribution in [0.15, 0.2) is 24.3 Å². The molecule has 1 N–H and O–H groups in total. The lowest BCUT2D eigenvalue weighted by Crippen LogP contribution is -1.99. The maximum Gasteiger partial charge on any atom is 0.307 e. The van der Waals surface area contributed by atoms with Crippen LogP contribution in [0.1, 0.15) is 25.0 Å². The summed E-state index contributed by atoms with van der Waals surface area (Å²) in [5.74, 6) is -0.790. The van der Waals surface area contributed by atoms with Crippen molar-refractivity contribution in [1.82, 2.24) is 0 Å². The molecule has 0 fully saturated rings. The van der Waals surface area contributed by atoms with Gasteiger partial charge in [-0.25, -0.2) is 0 Å². The van der Waals surface area contributed by atoms with Crippen LogP contribution in [0.25, 0.3) is 0 Å². The number of benzene rings is 1. The molecule has 0 radical (unpaired) electrons. The molecule has 0 unspecified atom stereocenters. The van der Waals surface area contributed by atoms with Crippen LogP contribution in [0.2, 0.25) is 0 Å². The Labute approximate surface area is 93.1 Å². The SMILES string of the molecule is CC.O=C(O)Cc1ccc(CBr)cc1. The molecular formula is C11H15BrO2. The molecule has 1 rings (SSSR count). The monoisotopic (exact) mass is 258 g/mol. The molecule has 0 aromatic heterocycles. The van der Waals surface area contributed by atoms with Crippen molar-refractivity contribution in [3.05, 3.63) is 35.4 Å². The lowest BCUT2D eigenvalue weighted by Gasteiger charge is -1.98. The second-order valence-corrected chi connectivity index (χ2v) is 3.08. The number of halogens is 1. The van der Waals surface area contributed by atoms with E-state index in [1.54, 1.807) is 0 Å². The van der Waals surface area contributed by atoms with E-state index in [1.165, 1.54) is 0 Å². The number of hydrogen-bond donors (Lipinski definition) is 1. The maximum atomic E-state index is 10.3. The summed E-state index contributed by atoms with van der Waals surface area (Å²) in [6, 6.07) is 7.52. The van der Waals surface area contributed by atoms with E-state index in [4.69, 9.17) is 5.11 Å². The Kier molecular flexibility index (Phi) is 7.11. The quantitative estimate of drug-likeness (QED) is 0.846. The van der Waals surface area contributed by atoms with Crippen LogP contribution in [-0.4, -0.2) is 11.1 Å². The number of hydrogen-bond acceptors (Lipinski definition) is 1. The van der Waals surface area contributed by atoms with Crippen molar-refractivity contribution >= 4 is 21.9 Å². The van der Waals surface area contributed by atoms with Crippen LogP contribution in [-0.2, 0) is 16.5 Å². The summed E-state index contributed by atoms with van der Waals surface area (Å²) in [6.45, 7) is 4.00. The van der Waals surface area contributed by atoms with Gasteiger partial charge in [0.25, 0.3) is 0 Å². The molecule has 0 spiro atoms. The molecule has 0 aliphatic rings. The van der Waals surface area contributed by atoms with Gasteiger partial charge >= 0.3 is 5.97 Å². The van der Waals surface area contributed by atoms with E-state index in [0.29, 0.717) is 0 Å². The van der Waals surface area contributed by atoms with E-state index in [2.05, 4.69) is 15.9 Å². The standard InChI is InChI=1S/C9H9BrO2.C2H6/c10-6-8-3-1-7(2-4-8)5-9(11)12;1-2/h1-4H,5-6H2,(H,11,12);1-2H3. The zero-order chi connectivity index (χ0) is 11.0. The fourth-order valence-corrected chi connectivity index (χ4v) is 1.29. The highest BCUT2D eigenvalue weighted by Gasteiger charge is 1.98. The zero-order valence-electron chi connectivity index (χ0n) is 8.46. The summed E-state index contributed by atoms with van der Waals surface area (Å²) >= 11 is 3.32. The van der Waals surface area contributed by atoms with Gasteiger partial charge in [0.05, 0.1) is 6.42 Å². The highest BCUT2D eigenvalue weighted by atomic mass is 79.9. The molecule has 14 heavy (non-hydrogen) atoms. The van der Waals surface area contributed by atoms with Crippen molar-refractivity contribution in [1.29, 1.82) is 0 Å². The minimum atomic E-state index is -0.790. The summed E-state index contributed by atoms with van der Waals surface area (Å²) in [4.78, 5) is 10.3. The normalized spacial score (nSPS) is 8.79. The molecule has 0 saturated carbocycles. The Hall–Kier alpha value is -0.830. The van der Waals surface area contributed by atoms with Gasteiger partial charge < -0.3 is 5.11 Å². The first-order valence-corrected chi connectivity index (χ1v) is 5.70. The van der Waals surface area contributed by atoms with Gasteiger partial charge in [-0.05, 0) is 11.1 Å². The Morgan fingerprint density at radius 2 is 1.64 bits per heavy atom. The molecule has 0 amide bonds. The van der Waals surface area contributed by atoms with E-state index >= 15 is 0 Å². The molecule has 0 aliphatic heterocycles. The molecule has 0 bridgehead atoms. The van der Waals surface area contributed by atoms with Crippen LogP contribution in [0, 0.1) is 0 Å². The minimum absolute atomic E-state index is 0.0998. The van der Waals surface area contributed by atoms with Crippen molar-refractivity contribution in [2.75, 3.05) is 0 Å². The first kappa shape index (κ1) is 13.2. The maximum absolute atomic E-state index is 10.3. The molecule has 0 saturated heterocycles. The van der Waals surface area contributed by atoms with Gasteiger partial charge in [-0.3, -0.25) is 4.79 Å². The smallest absolute Gasteiger partial charge is 0.307 e. The van der Waals surface area contributed by atoms with Crippen molar-refractivity contribution in [2.45, 2.75) is 25.6 Å². The lowest BCUT2D eigenvalue weighted by molar-refractivity contribution is -0.136. The van der Waals surface area contributed by atoms with E-state index in [1.807, 2.05) is 38.1 Å². The number of carboxylic acids is 1. The van der Waals surface area contributed by atoms with Gasteiger partial charge in [-0.1, -0.05) is 54.0 Å². The first-order valence-electron chi connectivity index (χ1n) is 4.58. The Balaban J connectivity index is 0.000000791. The average molecular weight is 259 g/mol. The fourth-order valence-electron chi connectivity index (χ4n) is 0.921. The highest BCUT2D eigenvalue weighted by molar-refractivity contribution is 9.08. The molecular weight excluding hydrogens is 244 g/mol. The summed E-state index contributed by atoms with van der Waals surface area (Å²) in [5.41, 5.74) is 2.00. The van der Waals surface area contributed by atoms with E-state index < -0.39 is 5.97 Å². The van der Waals surface area contributed by atoms with Crippen molar-refractivity contribution < 1.29 is 9.90 Å². The number of aliphatic carboxylic acids is 1. The molecule has 1 aromatic carbocycles. The van der Waals surface area contributed by atoms with Gasteiger partial charge in [0.15, 0.2) is 0 Å². The van der Waals surface area contributed by atoms with Gasteiger partial charge in [0.2, 0.25) is 0 Å². The molecule has 0 aliphatic carbocycles. The molecule has 0 atom stereocenters. The summed E-state index contributed by atoms with van der Waals surface area (Å²) in [7, 11) is 0. The van der Waals surface area contributed by atoms with E-state index in [0.717, 1.165) is 16.5 Å². The Morgan fingerprint density at radius 3 is 2.00 bits per heavy atom.